The minimum absolute atomic E-state index is 0.0484. The first-order chi connectivity index (χ1) is 35.3. The highest BCUT2D eigenvalue weighted by Crippen LogP contribution is 2.40. The molecule has 5 N–H and O–H groups in total. The van der Waals surface area contributed by atoms with E-state index in [0.29, 0.717) is 50.9 Å². The van der Waals surface area contributed by atoms with Crippen LogP contribution in [0.2, 0.25) is 0 Å². The molecule has 1 aliphatic carbocycles. The molecule has 0 aromatic heterocycles. The standard InChI is InChI=1S/C56H96FN5O12S/c1-15-46-56(10,66)51(63)39(7)62(12)33-34(2)28-55(9,65)52(37(5)49(38(6)53(64)72-46)73-48-30-54(8,69-14)29-36(4)71-48)74-47-27-42(26-35(3)70-47)61(11)25-24-41(60-58)32-59-45(31-57)50(68-13)40-20-22-44(23-21-40)75(67)43-18-16-17-19-43/h20-23,32,34-39,42-43,45-52,58-59,63,65-66H,15-19,24-31,33H2,1-14H3/b41-32-,60-58?/t34-,35-,36+,37+,38-,39-,42+,45-,46-,47+,48?,49+,50-,51-,52-,54+,55-,56-,75?/m1/s1. The van der Waals surface area contributed by atoms with Crippen molar-refractivity contribution in [1.82, 2.24) is 15.1 Å². The first-order valence-electron chi connectivity index (χ1n) is 27.6. The van der Waals surface area contributed by atoms with E-state index in [1.165, 1.54) is 14.0 Å². The van der Waals surface area contributed by atoms with Crippen molar-refractivity contribution in [1.29, 1.82) is 5.53 Å². The summed E-state index contributed by atoms with van der Waals surface area (Å²) in [5.41, 5.74) is 5.32. The first-order valence-corrected chi connectivity index (χ1v) is 28.9. The molecule has 0 spiro atoms. The number of rotatable bonds is 19. The Balaban J connectivity index is 1.37. The Morgan fingerprint density at radius 1 is 1.01 bits per heavy atom. The maximum atomic E-state index is 14.7. The minimum Gasteiger partial charge on any atom is -0.611 e. The van der Waals surface area contributed by atoms with Crippen LogP contribution in [0.3, 0.4) is 0 Å². The first kappa shape index (κ1) is 63.5. The summed E-state index contributed by atoms with van der Waals surface area (Å²) in [6.07, 6.45) is 1.78. The second kappa shape index (κ2) is 28.2. The third-order valence-electron chi connectivity index (χ3n) is 16.9. The quantitative estimate of drug-likeness (QED) is 0.0504. The van der Waals surface area contributed by atoms with Crippen molar-refractivity contribution in [2.75, 3.05) is 48.1 Å². The highest BCUT2D eigenvalue weighted by atomic mass is 32.2. The van der Waals surface area contributed by atoms with Crippen molar-refractivity contribution in [2.24, 2.45) is 22.9 Å². The summed E-state index contributed by atoms with van der Waals surface area (Å²) in [6, 6.07) is 6.03. The van der Waals surface area contributed by atoms with Crippen LogP contribution in [-0.2, 0) is 49.1 Å². The zero-order chi connectivity index (χ0) is 55.6. The third-order valence-corrected chi connectivity index (χ3v) is 18.7. The van der Waals surface area contributed by atoms with E-state index in [2.05, 4.69) is 15.3 Å². The summed E-state index contributed by atoms with van der Waals surface area (Å²) in [5, 5.41) is 43.5. The number of methoxy groups -OCH3 is 2. The number of nitrogens with one attached hydrogen (secondary N) is 2. The van der Waals surface area contributed by atoms with Gasteiger partial charge >= 0.3 is 5.97 Å². The molecule has 17 nitrogen and oxygen atoms in total. The molecule has 19 atom stereocenters. The molecule has 430 valence electrons. The number of hydrogen-bond acceptors (Lipinski definition) is 17. The zero-order valence-corrected chi connectivity index (χ0v) is 48.5. The van der Waals surface area contributed by atoms with E-state index in [4.69, 9.17) is 38.7 Å². The molecule has 1 aromatic rings. The summed E-state index contributed by atoms with van der Waals surface area (Å²) in [4.78, 5) is 19.4. The molecule has 3 aliphatic heterocycles. The number of halogens is 1. The SMILES string of the molecule is CC[C@H]1OC(=O)[C@H](C)[C@@H](OC2C[C@@](C)(OC)C[C@H](C)O2)[C@H](C)[C@@H](O[C@H]2C[C@@H](N(C)CC/C(=C/N[C@H](CF)[C@H](OC)c3ccc([S+]([O-])C4CCCC4)cc3)N=N)C[C@@H](C)O2)[C@](C)(O)C[C@@H](C)CN(C)[C@H](C)[C@@H](O)[C@]1(C)O. The highest BCUT2D eigenvalue weighted by Gasteiger charge is 2.51. The van der Waals surface area contributed by atoms with Crippen LogP contribution < -0.4 is 5.32 Å². The normalized spacial score (nSPS) is 38.8. The van der Waals surface area contributed by atoms with E-state index < -0.39 is 108 Å². The Morgan fingerprint density at radius 2 is 1.67 bits per heavy atom. The van der Waals surface area contributed by atoms with E-state index in [1.807, 2.05) is 84.8 Å². The maximum Gasteiger partial charge on any atom is 0.311 e. The summed E-state index contributed by atoms with van der Waals surface area (Å²) in [7, 11) is 7.05. The smallest absolute Gasteiger partial charge is 0.311 e. The largest absolute Gasteiger partial charge is 0.611 e. The van der Waals surface area contributed by atoms with Crippen molar-refractivity contribution >= 4 is 17.1 Å². The lowest BCUT2D eigenvalue weighted by molar-refractivity contribution is -0.292. The van der Waals surface area contributed by atoms with E-state index in [9.17, 15) is 29.1 Å². The number of ether oxygens (including phenoxy) is 7. The lowest BCUT2D eigenvalue weighted by atomic mass is 9.77. The third kappa shape index (κ3) is 16.6. The molecule has 2 unspecified atom stereocenters. The lowest BCUT2D eigenvalue weighted by Gasteiger charge is -2.47. The van der Waals surface area contributed by atoms with Crippen LogP contribution in [0.5, 0.6) is 0 Å². The summed E-state index contributed by atoms with van der Waals surface area (Å²) in [6.45, 7) is 18.7. The predicted octanol–water partition coefficient (Wildman–Crippen LogP) is 7.96. The molecular weight excluding hydrogens is 986 g/mol. The number of likely N-dealkylation sites (N-methyl/N-ethyl adjacent to an activating group) is 1. The second-order valence-corrected chi connectivity index (χ2v) is 25.2. The van der Waals surface area contributed by atoms with Gasteiger partial charge in [-0.1, -0.05) is 32.9 Å². The Morgan fingerprint density at radius 3 is 2.27 bits per heavy atom. The van der Waals surface area contributed by atoms with Gasteiger partial charge in [0.1, 0.15) is 35.8 Å². The number of carbonyl (C=O) groups is 1. The number of carbonyl (C=O) groups excluding carboxylic acids is 1. The number of esters is 1. The Bertz CT molecular complexity index is 1950. The lowest BCUT2D eigenvalue weighted by Crippen LogP contribution is -2.59. The molecule has 4 aliphatic rings. The molecule has 0 radical (unpaired) electrons. The van der Waals surface area contributed by atoms with Crippen molar-refractivity contribution in [2.45, 2.75) is 240 Å². The second-order valence-electron chi connectivity index (χ2n) is 23.4. The van der Waals surface area contributed by atoms with Gasteiger partial charge in [-0.15, -0.1) is 0 Å². The average molecular weight is 1080 g/mol. The van der Waals surface area contributed by atoms with Crippen LogP contribution >= 0.6 is 0 Å². The van der Waals surface area contributed by atoms with Crippen LogP contribution in [0.4, 0.5) is 4.39 Å². The highest BCUT2D eigenvalue weighted by molar-refractivity contribution is 7.92. The Labute approximate surface area is 451 Å². The van der Waals surface area contributed by atoms with Gasteiger partial charge in [0.15, 0.2) is 17.5 Å². The molecule has 1 aromatic carbocycles. The van der Waals surface area contributed by atoms with Crippen LogP contribution in [0.1, 0.15) is 152 Å². The van der Waals surface area contributed by atoms with Gasteiger partial charge in [-0.3, -0.25) is 4.79 Å². The molecule has 75 heavy (non-hydrogen) atoms. The molecule has 3 heterocycles. The van der Waals surface area contributed by atoms with Crippen LogP contribution in [0, 0.1) is 23.3 Å². The molecule has 19 heteroatoms. The number of aliphatic hydroxyl groups is 3. The number of aliphatic hydroxyl groups excluding tert-OH is 1. The van der Waals surface area contributed by atoms with Crippen molar-refractivity contribution < 1.29 is 62.2 Å². The fraction of sp³-hybridized carbons (Fsp3) is 0.839. The molecular formula is C56H96FN5O12S. The monoisotopic (exact) mass is 1080 g/mol. The predicted molar refractivity (Wildman–Crippen MR) is 286 cm³/mol. The van der Waals surface area contributed by atoms with Gasteiger partial charge in [-0.25, -0.2) is 9.92 Å². The van der Waals surface area contributed by atoms with E-state index in [-0.39, 0.29) is 42.3 Å². The average Bonchev–Trinajstić information content (AvgIpc) is 3.92. The number of benzene rings is 1. The van der Waals surface area contributed by atoms with Crippen molar-refractivity contribution in [3.8, 4) is 0 Å². The fourth-order valence-electron chi connectivity index (χ4n) is 12.3. The number of hydrogen-bond donors (Lipinski definition) is 5. The summed E-state index contributed by atoms with van der Waals surface area (Å²) >= 11 is -1.09. The number of alkyl halides is 1. The molecule has 4 fully saturated rings. The van der Waals surface area contributed by atoms with Gasteiger partial charge in [0.2, 0.25) is 0 Å². The van der Waals surface area contributed by atoms with Crippen LogP contribution in [0.25, 0.3) is 0 Å². The van der Waals surface area contributed by atoms with Gasteiger partial charge in [0, 0.05) is 77.2 Å². The van der Waals surface area contributed by atoms with Gasteiger partial charge < -0.3 is 68.1 Å². The topological polar surface area (TPSA) is 220 Å². The number of nitrogens with zero attached hydrogens (tertiary/aromatic N) is 3. The van der Waals surface area contributed by atoms with Crippen molar-refractivity contribution in [3.63, 3.8) is 0 Å². The van der Waals surface area contributed by atoms with E-state index >= 15 is 0 Å². The zero-order valence-electron chi connectivity index (χ0n) is 47.7. The summed E-state index contributed by atoms with van der Waals surface area (Å²) < 4.78 is 72.7. The van der Waals surface area contributed by atoms with Crippen LogP contribution in [-0.4, -0.2) is 173 Å². The van der Waals surface area contributed by atoms with E-state index in [0.717, 1.165) is 36.1 Å². The maximum absolute atomic E-state index is 14.7. The van der Waals surface area contributed by atoms with Gasteiger partial charge in [0.25, 0.3) is 0 Å². The van der Waals surface area contributed by atoms with Gasteiger partial charge in [0.05, 0.1) is 53.3 Å². The molecule has 5 rings (SSSR count). The number of cyclic esters (lactones) is 1. The Kier molecular flexibility index (Phi) is 23.8. The minimum atomic E-state index is -1.80. The van der Waals surface area contributed by atoms with E-state index in [1.54, 1.807) is 34.1 Å². The van der Waals surface area contributed by atoms with Crippen molar-refractivity contribution in [3.05, 3.63) is 41.7 Å². The van der Waals surface area contributed by atoms with Gasteiger partial charge in [-0.2, -0.15) is 5.11 Å². The Hall–Kier alpha value is -2.37. The van der Waals surface area contributed by atoms with Gasteiger partial charge in [-0.05, 0) is 142 Å². The fourth-order valence-corrected chi connectivity index (χ4v) is 13.9. The molecule has 0 amide bonds. The molecule has 1 saturated carbocycles. The van der Waals surface area contributed by atoms with Crippen LogP contribution in [0.15, 0.2) is 46.2 Å². The summed E-state index contributed by atoms with van der Waals surface area (Å²) in [5.74, 6) is -2.41. The molecule has 3 saturated heterocycles. The molecule has 0 bridgehead atoms.